The zero-order valence-electron chi connectivity index (χ0n) is 20.4. The summed E-state index contributed by atoms with van der Waals surface area (Å²) in [5, 5.41) is 7.02. The van der Waals surface area contributed by atoms with Crippen molar-refractivity contribution in [2.75, 3.05) is 5.32 Å². The van der Waals surface area contributed by atoms with Gasteiger partial charge in [-0.2, -0.15) is 5.10 Å². The van der Waals surface area contributed by atoms with Gasteiger partial charge >= 0.3 is 0 Å². The summed E-state index contributed by atoms with van der Waals surface area (Å²) < 4.78 is 18.8. The van der Waals surface area contributed by atoms with Gasteiger partial charge in [0.25, 0.3) is 5.91 Å². The van der Waals surface area contributed by atoms with Crippen LogP contribution < -0.4 is 14.8 Å². The van der Waals surface area contributed by atoms with Crippen molar-refractivity contribution in [3.63, 3.8) is 0 Å². The quantitative estimate of drug-likeness (QED) is 0.272. The molecule has 1 unspecified atom stereocenters. The number of nitrogens with one attached hydrogen (secondary N) is 1. The van der Waals surface area contributed by atoms with E-state index >= 15 is 0 Å². The smallest absolute Gasteiger partial charge is 0.291 e. The van der Waals surface area contributed by atoms with Crippen molar-refractivity contribution >= 4 is 11.6 Å². The van der Waals surface area contributed by atoms with E-state index in [9.17, 15) is 4.79 Å². The molecule has 0 aliphatic rings. The van der Waals surface area contributed by atoms with E-state index < -0.39 is 0 Å². The number of amides is 1. The van der Waals surface area contributed by atoms with Crippen molar-refractivity contribution in [1.82, 2.24) is 9.78 Å². The highest BCUT2D eigenvalue weighted by Crippen LogP contribution is 2.22. The highest BCUT2D eigenvalue weighted by Gasteiger charge is 2.13. The third kappa shape index (κ3) is 6.53. The van der Waals surface area contributed by atoms with Crippen LogP contribution in [0.25, 0.3) is 0 Å². The summed E-state index contributed by atoms with van der Waals surface area (Å²) in [6, 6.07) is 19.4. The molecule has 182 valence electrons. The number of anilines is 1. The molecule has 4 rings (SSSR count). The van der Waals surface area contributed by atoms with E-state index in [1.807, 2.05) is 36.4 Å². The van der Waals surface area contributed by atoms with Gasteiger partial charge in [-0.25, -0.2) is 4.68 Å². The highest BCUT2D eigenvalue weighted by atomic mass is 16.5. The first-order valence-corrected chi connectivity index (χ1v) is 11.9. The SMILES string of the molecule is CCc1ccc(OCn2cc(NC(=O)c3ccc(COc4ccc(C(C)CC)cc4)o3)cn2)cc1. The molecule has 1 atom stereocenters. The molecule has 2 aromatic heterocycles. The number of aryl methyl sites for hydroxylation is 1. The third-order valence-corrected chi connectivity index (χ3v) is 5.91. The molecule has 0 bridgehead atoms. The van der Waals surface area contributed by atoms with Gasteiger partial charge in [-0.15, -0.1) is 0 Å². The summed E-state index contributed by atoms with van der Waals surface area (Å²) >= 11 is 0. The number of furan rings is 1. The molecule has 4 aromatic rings. The Morgan fingerprint density at radius 2 is 1.71 bits per heavy atom. The van der Waals surface area contributed by atoms with E-state index in [4.69, 9.17) is 13.9 Å². The molecule has 0 saturated carbocycles. The minimum Gasteiger partial charge on any atom is -0.486 e. The van der Waals surface area contributed by atoms with Crippen LogP contribution in [0.1, 0.15) is 60.6 Å². The Bertz CT molecular complexity index is 1230. The van der Waals surface area contributed by atoms with E-state index in [-0.39, 0.29) is 25.0 Å². The van der Waals surface area contributed by atoms with Crippen LogP contribution in [0.3, 0.4) is 0 Å². The van der Waals surface area contributed by atoms with Crippen molar-refractivity contribution in [3.05, 3.63) is 95.7 Å². The first-order valence-electron chi connectivity index (χ1n) is 11.9. The second-order valence-corrected chi connectivity index (χ2v) is 8.43. The standard InChI is InChI=1S/C28H31N3O4/c1-4-20(3)22-8-12-24(13-9-22)33-18-26-14-15-27(35-26)28(32)30-23-16-29-31(17-23)19-34-25-10-6-21(5-2)7-11-25/h6-17,20H,4-5,18-19H2,1-3H3,(H,30,32). The number of ether oxygens (including phenoxy) is 2. The fraction of sp³-hybridized carbons (Fsp3) is 0.286. The molecule has 0 fully saturated rings. The lowest BCUT2D eigenvalue weighted by atomic mass is 9.99. The number of nitrogens with zero attached hydrogens (tertiary/aromatic N) is 2. The summed E-state index contributed by atoms with van der Waals surface area (Å²) in [6.07, 6.45) is 5.35. The molecule has 35 heavy (non-hydrogen) atoms. The van der Waals surface area contributed by atoms with E-state index in [0.29, 0.717) is 17.4 Å². The largest absolute Gasteiger partial charge is 0.486 e. The minimum atomic E-state index is -0.357. The number of carbonyl (C=O) groups is 1. The van der Waals surface area contributed by atoms with Crippen molar-refractivity contribution in [3.8, 4) is 11.5 Å². The van der Waals surface area contributed by atoms with Gasteiger partial charge in [-0.3, -0.25) is 4.79 Å². The molecule has 0 aliphatic heterocycles. The van der Waals surface area contributed by atoms with Crippen LogP contribution in [0, 0.1) is 0 Å². The van der Waals surface area contributed by atoms with Crippen molar-refractivity contribution in [2.24, 2.45) is 0 Å². The zero-order chi connectivity index (χ0) is 24.6. The molecule has 0 aliphatic carbocycles. The number of carbonyl (C=O) groups excluding carboxylic acids is 1. The molecule has 0 saturated heterocycles. The van der Waals surface area contributed by atoms with Gasteiger partial charge in [0.15, 0.2) is 12.5 Å². The summed E-state index contributed by atoms with van der Waals surface area (Å²) in [4.78, 5) is 12.6. The van der Waals surface area contributed by atoms with E-state index in [1.165, 1.54) is 11.1 Å². The number of rotatable bonds is 11. The van der Waals surface area contributed by atoms with Gasteiger partial charge in [-0.05, 0) is 66.3 Å². The van der Waals surface area contributed by atoms with Gasteiger partial charge in [-0.1, -0.05) is 45.0 Å². The Balaban J connectivity index is 1.26. The van der Waals surface area contributed by atoms with Gasteiger partial charge in [0.2, 0.25) is 0 Å². The van der Waals surface area contributed by atoms with Gasteiger partial charge in [0, 0.05) is 0 Å². The summed E-state index contributed by atoms with van der Waals surface area (Å²) in [5.41, 5.74) is 3.10. The first kappa shape index (κ1) is 24.1. The van der Waals surface area contributed by atoms with Crippen LogP contribution in [0.5, 0.6) is 11.5 Å². The topological polar surface area (TPSA) is 78.5 Å². The third-order valence-electron chi connectivity index (χ3n) is 5.91. The number of hydrogen-bond acceptors (Lipinski definition) is 5. The first-order chi connectivity index (χ1) is 17.0. The number of benzene rings is 2. The van der Waals surface area contributed by atoms with Crippen LogP contribution in [0.15, 0.2) is 77.5 Å². The van der Waals surface area contributed by atoms with Crippen LogP contribution in [-0.4, -0.2) is 15.7 Å². The van der Waals surface area contributed by atoms with Gasteiger partial charge in [0.05, 0.1) is 18.1 Å². The molecular formula is C28H31N3O4. The molecular weight excluding hydrogens is 442 g/mol. The molecule has 1 amide bonds. The van der Waals surface area contributed by atoms with Crippen molar-refractivity contribution in [2.45, 2.75) is 52.9 Å². The van der Waals surface area contributed by atoms with Crippen molar-refractivity contribution in [1.29, 1.82) is 0 Å². The summed E-state index contributed by atoms with van der Waals surface area (Å²) in [6.45, 7) is 6.97. The molecule has 7 nitrogen and oxygen atoms in total. The second kappa shape index (κ2) is 11.4. The van der Waals surface area contributed by atoms with Gasteiger partial charge < -0.3 is 19.2 Å². The van der Waals surface area contributed by atoms with E-state index in [1.54, 1.807) is 29.2 Å². The lowest BCUT2D eigenvalue weighted by molar-refractivity contribution is 0.0992. The fourth-order valence-corrected chi connectivity index (χ4v) is 3.51. The Kier molecular flexibility index (Phi) is 7.88. The van der Waals surface area contributed by atoms with Crippen LogP contribution >= 0.6 is 0 Å². The van der Waals surface area contributed by atoms with Crippen LogP contribution in [0.2, 0.25) is 0 Å². The molecule has 2 heterocycles. The molecule has 0 radical (unpaired) electrons. The summed E-state index contributed by atoms with van der Waals surface area (Å²) in [5.74, 6) is 2.46. The maximum Gasteiger partial charge on any atom is 0.291 e. The van der Waals surface area contributed by atoms with Crippen LogP contribution in [-0.2, 0) is 19.8 Å². The predicted octanol–water partition coefficient (Wildman–Crippen LogP) is 6.42. The number of aromatic nitrogens is 2. The predicted molar refractivity (Wildman–Crippen MR) is 135 cm³/mol. The average Bonchev–Trinajstić information content (AvgIpc) is 3.56. The van der Waals surface area contributed by atoms with Gasteiger partial charge in [0.1, 0.15) is 23.9 Å². The van der Waals surface area contributed by atoms with E-state index in [2.05, 4.69) is 43.3 Å². The maximum atomic E-state index is 12.6. The maximum absolute atomic E-state index is 12.6. The lowest BCUT2D eigenvalue weighted by Crippen LogP contribution is -2.10. The van der Waals surface area contributed by atoms with Crippen LogP contribution in [0.4, 0.5) is 5.69 Å². The molecule has 1 N–H and O–H groups in total. The van der Waals surface area contributed by atoms with Crippen molar-refractivity contribution < 1.29 is 18.7 Å². The average molecular weight is 474 g/mol. The molecule has 2 aromatic carbocycles. The highest BCUT2D eigenvalue weighted by molar-refractivity contribution is 6.02. The minimum absolute atomic E-state index is 0.204. The molecule has 0 spiro atoms. The van der Waals surface area contributed by atoms with E-state index in [0.717, 1.165) is 24.3 Å². The Morgan fingerprint density at radius 3 is 2.43 bits per heavy atom. The second-order valence-electron chi connectivity index (χ2n) is 8.43. The fourth-order valence-electron chi connectivity index (χ4n) is 3.51. The monoisotopic (exact) mass is 473 g/mol. The Morgan fingerprint density at radius 1 is 1.00 bits per heavy atom. The normalized spacial score (nSPS) is 11.7. The lowest BCUT2D eigenvalue weighted by Gasteiger charge is -2.10. The number of hydrogen-bond donors (Lipinski definition) is 1. The molecule has 7 heteroatoms. The Labute approximate surface area is 205 Å². The zero-order valence-corrected chi connectivity index (χ0v) is 20.4. The Hall–Kier alpha value is -4.00. The summed E-state index contributed by atoms with van der Waals surface area (Å²) in [7, 11) is 0.